The minimum absolute atomic E-state index is 0.683. The van der Waals surface area contributed by atoms with Crippen LogP contribution in [0.1, 0.15) is 39.5 Å². The van der Waals surface area contributed by atoms with E-state index in [0.29, 0.717) is 6.04 Å². The molecule has 0 spiro atoms. The van der Waals surface area contributed by atoms with Gasteiger partial charge in [0.15, 0.2) is 0 Å². The first-order valence-electron chi connectivity index (χ1n) is 6.03. The Morgan fingerprint density at radius 2 is 1.64 bits per heavy atom. The third-order valence-electron chi connectivity index (χ3n) is 3.73. The molecule has 0 aromatic heterocycles. The maximum atomic E-state index is 5.69. The zero-order chi connectivity index (χ0) is 10.6. The standard InChI is InChI=1S/C12H26N2/c1-10(2)14(3)9-12-6-4-11(8-13)5-7-12/h10-12H,4-9,13H2,1-3H3. The fraction of sp³-hybridized carbons (Fsp3) is 1.00. The molecule has 2 N–H and O–H groups in total. The van der Waals surface area contributed by atoms with E-state index in [1.807, 2.05) is 0 Å². The van der Waals surface area contributed by atoms with Crippen molar-refractivity contribution >= 4 is 0 Å². The van der Waals surface area contributed by atoms with Gasteiger partial charge < -0.3 is 10.6 Å². The van der Waals surface area contributed by atoms with Crippen LogP contribution in [0, 0.1) is 11.8 Å². The lowest BCUT2D eigenvalue weighted by Crippen LogP contribution is -2.34. The summed E-state index contributed by atoms with van der Waals surface area (Å²) in [5.41, 5.74) is 5.69. The Morgan fingerprint density at radius 3 is 2.07 bits per heavy atom. The van der Waals surface area contributed by atoms with E-state index in [1.165, 1.54) is 32.2 Å². The number of hydrogen-bond acceptors (Lipinski definition) is 2. The zero-order valence-electron chi connectivity index (χ0n) is 10.00. The summed E-state index contributed by atoms with van der Waals surface area (Å²) < 4.78 is 0. The molecule has 0 saturated heterocycles. The van der Waals surface area contributed by atoms with Crippen LogP contribution in [0.25, 0.3) is 0 Å². The van der Waals surface area contributed by atoms with Crippen LogP contribution < -0.4 is 5.73 Å². The summed E-state index contributed by atoms with van der Waals surface area (Å²) >= 11 is 0. The second-order valence-electron chi connectivity index (χ2n) is 5.16. The minimum Gasteiger partial charge on any atom is -0.330 e. The maximum absolute atomic E-state index is 5.69. The maximum Gasteiger partial charge on any atom is 0.00356 e. The van der Waals surface area contributed by atoms with E-state index in [9.17, 15) is 0 Å². The van der Waals surface area contributed by atoms with Crippen molar-refractivity contribution in [2.75, 3.05) is 20.1 Å². The van der Waals surface area contributed by atoms with Crippen molar-refractivity contribution in [3.8, 4) is 0 Å². The van der Waals surface area contributed by atoms with Crippen LogP contribution in [0.5, 0.6) is 0 Å². The Hall–Kier alpha value is -0.0800. The van der Waals surface area contributed by atoms with Crippen LogP contribution in [0.4, 0.5) is 0 Å². The van der Waals surface area contributed by atoms with Crippen molar-refractivity contribution in [3.05, 3.63) is 0 Å². The SMILES string of the molecule is CC(C)N(C)CC1CCC(CN)CC1. The highest BCUT2D eigenvalue weighted by atomic mass is 15.1. The Bertz CT molecular complexity index is 148. The lowest BCUT2D eigenvalue weighted by Gasteiger charge is -2.32. The molecular formula is C12H26N2. The number of hydrogen-bond donors (Lipinski definition) is 1. The molecule has 2 heteroatoms. The molecule has 0 bridgehead atoms. The second kappa shape index (κ2) is 5.72. The number of nitrogens with two attached hydrogens (primary N) is 1. The van der Waals surface area contributed by atoms with E-state index in [0.717, 1.165) is 18.4 Å². The topological polar surface area (TPSA) is 29.3 Å². The second-order valence-corrected chi connectivity index (χ2v) is 5.16. The fourth-order valence-corrected chi connectivity index (χ4v) is 2.27. The molecule has 84 valence electrons. The highest BCUT2D eigenvalue weighted by Crippen LogP contribution is 2.28. The molecule has 1 aliphatic carbocycles. The van der Waals surface area contributed by atoms with Gasteiger partial charge in [-0.2, -0.15) is 0 Å². The molecule has 1 rings (SSSR count). The minimum atomic E-state index is 0.683. The smallest absolute Gasteiger partial charge is 0.00356 e. The summed E-state index contributed by atoms with van der Waals surface area (Å²) in [5, 5.41) is 0. The first-order valence-corrected chi connectivity index (χ1v) is 6.03. The van der Waals surface area contributed by atoms with E-state index in [4.69, 9.17) is 5.73 Å². The summed E-state index contributed by atoms with van der Waals surface area (Å²) in [6, 6.07) is 0.683. The summed E-state index contributed by atoms with van der Waals surface area (Å²) in [5.74, 6) is 1.74. The van der Waals surface area contributed by atoms with Crippen molar-refractivity contribution in [2.24, 2.45) is 17.6 Å². The molecule has 0 radical (unpaired) electrons. The highest BCUT2D eigenvalue weighted by molar-refractivity contribution is 4.75. The number of rotatable bonds is 4. The van der Waals surface area contributed by atoms with Gasteiger partial charge in [-0.15, -0.1) is 0 Å². The molecule has 0 aliphatic heterocycles. The van der Waals surface area contributed by atoms with Crippen molar-refractivity contribution in [1.82, 2.24) is 4.90 Å². The van der Waals surface area contributed by atoms with Crippen LogP contribution in [0.15, 0.2) is 0 Å². The first kappa shape index (κ1) is 12.0. The normalized spacial score (nSPS) is 28.7. The molecular weight excluding hydrogens is 172 g/mol. The van der Waals surface area contributed by atoms with Gasteiger partial charge in [-0.1, -0.05) is 0 Å². The van der Waals surface area contributed by atoms with Gasteiger partial charge in [-0.05, 0) is 65.0 Å². The van der Waals surface area contributed by atoms with Gasteiger partial charge in [0.05, 0.1) is 0 Å². The van der Waals surface area contributed by atoms with Gasteiger partial charge in [-0.3, -0.25) is 0 Å². The van der Waals surface area contributed by atoms with Crippen LogP contribution in [0.3, 0.4) is 0 Å². The van der Waals surface area contributed by atoms with Crippen molar-refractivity contribution in [2.45, 2.75) is 45.6 Å². The average Bonchev–Trinajstić information content (AvgIpc) is 2.19. The monoisotopic (exact) mass is 198 g/mol. The highest BCUT2D eigenvalue weighted by Gasteiger charge is 2.21. The molecule has 1 saturated carbocycles. The van der Waals surface area contributed by atoms with E-state index in [1.54, 1.807) is 0 Å². The molecule has 0 heterocycles. The molecule has 0 unspecified atom stereocenters. The Balaban J connectivity index is 2.22. The van der Waals surface area contributed by atoms with E-state index < -0.39 is 0 Å². The average molecular weight is 198 g/mol. The summed E-state index contributed by atoms with van der Waals surface area (Å²) in [7, 11) is 2.24. The third kappa shape index (κ3) is 3.58. The van der Waals surface area contributed by atoms with E-state index in [2.05, 4.69) is 25.8 Å². The van der Waals surface area contributed by atoms with Crippen LogP contribution in [-0.4, -0.2) is 31.1 Å². The molecule has 0 amide bonds. The predicted octanol–water partition coefficient (Wildman–Crippen LogP) is 2.09. The molecule has 1 aliphatic rings. The summed E-state index contributed by atoms with van der Waals surface area (Å²) in [6.45, 7) is 6.71. The van der Waals surface area contributed by atoms with Gasteiger partial charge in [0.25, 0.3) is 0 Å². The molecule has 0 atom stereocenters. The quantitative estimate of drug-likeness (QED) is 0.749. The number of nitrogens with zero attached hydrogens (tertiary/aromatic N) is 1. The zero-order valence-corrected chi connectivity index (χ0v) is 10.00. The van der Waals surface area contributed by atoms with Gasteiger partial charge in [0.1, 0.15) is 0 Å². The van der Waals surface area contributed by atoms with Crippen molar-refractivity contribution in [1.29, 1.82) is 0 Å². The first-order chi connectivity index (χ1) is 6.63. The Kier molecular flexibility index (Phi) is 4.90. The van der Waals surface area contributed by atoms with Gasteiger partial charge >= 0.3 is 0 Å². The van der Waals surface area contributed by atoms with Crippen molar-refractivity contribution < 1.29 is 0 Å². The predicted molar refractivity (Wildman–Crippen MR) is 62.3 cm³/mol. The Labute approximate surface area is 88.8 Å². The fourth-order valence-electron chi connectivity index (χ4n) is 2.27. The lowest BCUT2D eigenvalue weighted by atomic mass is 9.82. The van der Waals surface area contributed by atoms with Gasteiger partial charge in [0, 0.05) is 12.6 Å². The molecule has 0 aromatic carbocycles. The molecule has 0 aromatic rings. The van der Waals surface area contributed by atoms with Crippen LogP contribution in [0.2, 0.25) is 0 Å². The molecule has 14 heavy (non-hydrogen) atoms. The summed E-state index contributed by atoms with van der Waals surface area (Å²) in [6.07, 6.45) is 5.48. The molecule has 2 nitrogen and oxygen atoms in total. The van der Waals surface area contributed by atoms with Gasteiger partial charge in [-0.25, -0.2) is 0 Å². The molecule has 1 fully saturated rings. The van der Waals surface area contributed by atoms with Crippen LogP contribution in [-0.2, 0) is 0 Å². The van der Waals surface area contributed by atoms with E-state index in [-0.39, 0.29) is 0 Å². The largest absolute Gasteiger partial charge is 0.330 e. The van der Waals surface area contributed by atoms with Gasteiger partial charge in [0.2, 0.25) is 0 Å². The van der Waals surface area contributed by atoms with Crippen molar-refractivity contribution in [3.63, 3.8) is 0 Å². The third-order valence-corrected chi connectivity index (χ3v) is 3.73. The lowest BCUT2D eigenvalue weighted by molar-refractivity contribution is 0.181. The summed E-state index contributed by atoms with van der Waals surface area (Å²) in [4.78, 5) is 2.47. The Morgan fingerprint density at radius 1 is 1.14 bits per heavy atom. The van der Waals surface area contributed by atoms with Crippen LogP contribution >= 0.6 is 0 Å². The van der Waals surface area contributed by atoms with E-state index >= 15 is 0 Å².